The second-order valence-electron chi connectivity index (χ2n) is 11.3. The van der Waals surface area contributed by atoms with Crippen molar-refractivity contribution in [2.45, 2.75) is 51.2 Å². The van der Waals surface area contributed by atoms with E-state index in [1.54, 1.807) is 6.92 Å². The maximum atomic E-state index is 12.1. The quantitative estimate of drug-likeness (QED) is 0.167. The van der Waals surface area contributed by atoms with Gasteiger partial charge in [0.2, 0.25) is 0 Å². The lowest BCUT2D eigenvalue weighted by molar-refractivity contribution is -0.154. The number of fused-ring (bicyclic) bond motifs is 2. The number of esters is 1. The Morgan fingerprint density at radius 1 is 0.860 bits per heavy atom. The van der Waals surface area contributed by atoms with Crippen LogP contribution in [0.2, 0.25) is 0 Å². The minimum atomic E-state index is -0.608. The number of carbonyl (C=O) groups is 1. The first-order chi connectivity index (χ1) is 21.0. The fourth-order valence-corrected chi connectivity index (χ4v) is 6.12. The van der Waals surface area contributed by atoms with Gasteiger partial charge in [-0.2, -0.15) is 0 Å². The van der Waals surface area contributed by atoms with Crippen molar-refractivity contribution in [3.63, 3.8) is 0 Å². The fourth-order valence-electron chi connectivity index (χ4n) is 6.12. The molecule has 0 saturated carbocycles. The lowest BCUT2D eigenvalue weighted by atomic mass is 9.87. The van der Waals surface area contributed by atoms with E-state index in [9.17, 15) is 4.79 Å². The molecule has 5 nitrogen and oxygen atoms in total. The topological polar surface area (TPSA) is 48.0 Å². The molecule has 1 aliphatic rings. The number of carbonyl (C=O) groups excluding carboxylic acids is 1. The number of hydrogen-bond donors (Lipinski definition) is 0. The number of rotatable bonds is 12. The van der Waals surface area contributed by atoms with Gasteiger partial charge in [-0.15, -0.1) is 0 Å². The first-order valence-electron chi connectivity index (χ1n) is 15.3. The molecule has 43 heavy (non-hydrogen) atoms. The largest absolute Gasteiger partial charge is 0.492 e. The summed E-state index contributed by atoms with van der Waals surface area (Å²) in [5.74, 6) is 0.819. The first kappa shape index (κ1) is 30.5. The minimum absolute atomic E-state index is 0.162. The van der Waals surface area contributed by atoms with Crippen LogP contribution in [0, 0.1) is 0 Å². The first-order valence-corrected chi connectivity index (χ1v) is 15.3. The van der Waals surface area contributed by atoms with Crippen molar-refractivity contribution in [3.8, 4) is 5.75 Å². The van der Waals surface area contributed by atoms with Gasteiger partial charge in [0.05, 0.1) is 12.6 Å². The molecule has 0 bridgehead atoms. The van der Waals surface area contributed by atoms with Crippen molar-refractivity contribution in [2.75, 3.05) is 33.9 Å². The summed E-state index contributed by atoms with van der Waals surface area (Å²) < 4.78 is 16.6. The Morgan fingerprint density at radius 3 is 2.30 bits per heavy atom. The molecule has 0 radical (unpaired) electrons. The van der Waals surface area contributed by atoms with Gasteiger partial charge in [0, 0.05) is 26.0 Å². The van der Waals surface area contributed by atoms with Gasteiger partial charge in [0.25, 0.3) is 0 Å². The van der Waals surface area contributed by atoms with Crippen LogP contribution in [0.5, 0.6) is 5.75 Å². The van der Waals surface area contributed by atoms with E-state index >= 15 is 0 Å². The van der Waals surface area contributed by atoms with Crippen LogP contribution in [0.25, 0.3) is 0 Å². The smallest absolute Gasteiger partial charge is 0.335 e. The maximum absolute atomic E-state index is 12.1. The molecule has 0 saturated heterocycles. The van der Waals surface area contributed by atoms with Crippen molar-refractivity contribution in [1.82, 2.24) is 4.90 Å². The van der Waals surface area contributed by atoms with Gasteiger partial charge in [0.15, 0.2) is 6.10 Å². The number of methoxy groups -OCH3 is 1. The molecule has 5 rings (SSSR count). The van der Waals surface area contributed by atoms with Crippen LogP contribution in [0.15, 0.2) is 97.1 Å². The van der Waals surface area contributed by atoms with E-state index in [-0.39, 0.29) is 12.0 Å². The molecular formula is C38H43NO4. The molecule has 3 atom stereocenters. The third kappa shape index (κ3) is 7.35. The van der Waals surface area contributed by atoms with Crippen molar-refractivity contribution in [1.29, 1.82) is 0 Å². The third-order valence-corrected chi connectivity index (χ3v) is 8.61. The monoisotopic (exact) mass is 577 g/mol. The standard InChI is InChI=1S/C38H43NO4/c1-5-42-38(40)36(41-4)25-28-15-20-33(21-16-28)43-24-23-39(3)37-34-14-10-9-13-30(34)17-18-32-26-31(19-22-35(32)37)27(2)29-11-7-6-8-12-29/h6-16,19-22,26-27,36-37H,5,17-18,23-25H2,1-4H3. The molecule has 1 aliphatic carbocycles. The van der Waals surface area contributed by atoms with E-state index in [1.807, 2.05) is 24.3 Å². The number of hydrogen-bond acceptors (Lipinski definition) is 5. The molecule has 5 heteroatoms. The zero-order valence-electron chi connectivity index (χ0n) is 25.8. The highest BCUT2D eigenvalue weighted by atomic mass is 16.6. The number of benzene rings is 4. The Balaban J connectivity index is 1.28. The van der Waals surface area contributed by atoms with E-state index in [0.717, 1.165) is 30.7 Å². The highest BCUT2D eigenvalue weighted by Gasteiger charge is 2.27. The zero-order valence-corrected chi connectivity index (χ0v) is 25.8. The number of ether oxygens (including phenoxy) is 3. The van der Waals surface area contributed by atoms with Gasteiger partial charge in [-0.05, 0) is 77.9 Å². The van der Waals surface area contributed by atoms with Gasteiger partial charge in [-0.3, -0.25) is 4.90 Å². The van der Waals surface area contributed by atoms with Crippen LogP contribution in [0.4, 0.5) is 0 Å². The molecule has 0 amide bonds. The van der Waals surface area contributed by atoms with E-state index < -0.39 is 6.10 Å². The average molecular weight is 578 g/mol. The lowest BCUT2D eigenvalue weighted by Gasteiger charge is -2.31. The molecule has 224 valence electrons. The molecular weight excluding hydrogens is 534 g/mol. The van der Waals surface area contributed by atoms with Crippen molar-refractivity contribution in [3.05, 3.63) is 136 Å². The minimum Gasteiger partial charge on any atom is -0.492 e. The molecule has 0 spiro atoms. The van der Waals surface area contributed by atoms with Crippen LogP contribution in [0.3, 0.4) is 0 Å². The Hall–Kier alpha value is -3.93. The van der Waals surface area contributed by atoms with Crippen LogP contribution in [0.1, 0.15) is 64.8 Å². The SMILES string of the molecule is CCOC(=O)C(Cc1ccc(OCCN(C)C2c3ccccc3CCc3cc(C(C)c4ccccc4)ccc32)cc1)OC. The summed E-state index contributed by atoms with van der Waals surface area (Å²) in [6, 6.07) is 34.8. The second-order valence-corrected chi connectivity index (χ2v) is 11.3. The molecule has 0 aromatic heterocycles. The van der Waals surface area contributed by atoms with Gasteiger partial charge < -0.3 is 14.2 Å². The Kier molecular flexibility index (Phi) is 10.3. The van der Waals surface area contributed by atoms with Crippen molar-refractivity contribution < 1.29 is 19.0 Å². The van der Waals surface area contributed by atoms with Gasteiger partial charge in [-0.25, -0.2) is 4.79 Å². The van der Waals surface area contributed by atoms with Crippen LogP contribution >= 0.6 is 0 Å². The van der Waals surface area contributed by atoms with E-state index in [0.29, 0.717) is 25.6 Å². The second kappa shape index (κ2) is 14.5. The molecule has 4 aromatic carbocycles. The van der Waals surface area contributed by atoms with Gasteiger partial charge >= 0.3 is 5.97 Å². The molecule has 4 aromatic rings. The van der Waals surface area contributed by atoms with E-state index in [4.69, 9.17) is 14.2 Å². The number of likely N-dealkylation sites (N-methyl/N-ethyl adjacent to an activating group) is 1. The van der Waals surface area contributed by atoms with Crippen molar-refractivity contribution >= 4 is 5.97 Å². The predicted molar refractivity (Wildman–Crippen MR) is 172 cm³/mol. The fraction of sp³-hybridized carbons (Fsp3) is 0.342. The summed E-state index contributed by atoms with van der Waals surface area (Å²) >= 11 is 0. The van der Waals surface area contributed by atoms with Crippen molar-refractivity contribution in [2.24, 2.45) is 0 Å². The molecule has 0 N–H and O–H groups in total. The molecule has 0 aliphatic heterocycles. The molecule has 0 fully saturated rings. The Morgan fingerprint density at radius 2 is 1.56 bits per heavy atom. The van der Waals surface area contributed by atoms with Crippen LogP contribution < -0.4 is 4.74 Å². The number of nitrogens with zero attached hydrogens (tertiary/aromatic N) is 1. The van der Waals surface area contributed by atoms with Gasteiger partial charge in [0.1, 0.15) is 12.4 Å². The third-order valence-electron chi connectivity index (χ3n) is 8.61. The zero-order chi connectivity index (χ0) is 30.2. The summed E-state index contributed by atoms with van der Waals surface area (Å²) in [4.78, 5) is 14.5. The predicted octanol–water partition coefficient (Wildman–Crippen LogP) is 7.16. The summed E-state index contributed by atoms with van der Waals surface area (Å²) in [5.41, 5.74) is 9.32. The highest BCUT2D eigenvalue weighted by Crippen LogP contribution is 2.38. The molecule has 3 unspecified atom stereocenters. The molecule has 0 heterocycles. The maximum Gasteiger partial charge on any atom is 0.335 e. The lowest BCUT2D eigenvalue weighted by Crippen LogP contribution is -2.30. The highest BCUT2D eigenvalue weighted by molar-refractivity contribution is 5.75. The van der Waals surface area contributed by atoms with E-state index in [1.165, 1.54) is 40.5 Å². The average Bonchev–Trinajstić information content (AvgIpc) is 3.21. The van der Waals surface area contributed by atoms with E-state index in [2.05, 4.69) is 91.7 Å². The normalized spacial score (nSPS) is 15.6. The summed E-state index contributed by atoms with van der Waals surface area (Å²) in [6.07, 6.45) is 1.93. The summed E-state index contributed by atoms with van der Waals surface area (Å²) in [6.45, 7) is 5.77. The van der Waals surface area contributed by atoms with Crippen LogP contribution in [-0.2, 0) is 33.5 Å². The Labute approximate surface area is 256 Å². The number of aryl methyl sites for hydroxylation is 2. The Bertz CT molecular complexity index is 1480. The summed E-state index contributed by atoms with van der Waals surface area (Å²) in [7, 11) is 3.73. The summed E-state index contributed by atoms with van der Waals surface area (Å²) in [5, 5.41) is 0. The van der Waals surface area contributed by atoms with Crippen LogP contribution in [-0.4, -0.2) is 50.9 Å². The van der Waals surface area contributed by atoms with Gasteiger partial charge in [-0.1, -0.05) is 91.9 Å².